The van der Waals surface area contributed by atoms with Crippen LogP contribution >= 0.6 is 0 Å². The molecule has 3 aromatic carbocycles. The molecule has 0 bridgehead atoms. The van der Waals surface area contributed by atoms with Crippen LogP contribution in [0.1, 0.15) is 29.5 Å². The molecule has 0 saturated carbocycles. The second-order valence-corrected chi connectivity index (χ2v) is 8.29. The number of halogens is 1. The Balaban J connectivity index is 1.65. The molecular formula is C27H24FNO5. The van der Waals surface area contributed by atoms with Crippen LogP contribution in [0.25, 0.3) is 16.7 Å². The molecule has 1 amide bonds. The van der Waals surface area contributed by atoms with Crippen molar-refractivity contribution in [2.45, 2.75) is 26.7 Å². The maximum absolute atomic E-state index is 14.0. The van der Waals surface area contributed by atoms with Gasteiger partial charge in [0.25, 0.3) is 5.91 Å². The van der Waals surface area contributed by atoms with E-state index in [9.17, 15) is 19.1 Å². The Labute approximate surface area is 196 Å². The minimum atomic E-state index is -0.954. The molecule has 0 fully saturated rings. The van der Waals surface area contributed by atoms with E-state index in [4.69, 9.17) is 9.84 Å². The lowest BCUT2D eigenvalue weighted by atomic mass is 10.00. The third kappa shape index (κ3) is 4.64. The average molecular weight is 461 g/mol. The van der Waals surface area contributed by atoms with Crippen LogP contribution in [-0.4, -0.2) is 28.6 Å². The summed E-state index contributed by atoms with van der Waals surface area (Å²) in [6, 6.07) is 15.0. The summed E-state index contributed by atoms with van der Waals surface area (Å²) in [6.07, 6.45) is 1.37. The van der Waals surface area contributed by atoms with Crippen LogP contribution < -0.4 is 9.64 Å². The number of anilines is 1. The van der Waals surface area contributed by atoms with Gasteiger partial charge in [0.05, 0.1) is 11.3 Å². The molecule has 2 N–H and O–H groups in total. The van der Waals surface area contributed by atoms with E-state index in [1.807, 2.05) is 32.0 Å². The number of para-hydroxylation sites is 1. The summed E-state index contributed by atoms with van der Waals surface area (Å²) in [5.41, 5.74) is 4.50. The van der Waals surface area contributed by atoms with E-state index in [0.29, 0.717) is 16.8 Å². The van der Waals surface area contributed by atoms with Gasteiger partial charge in [-0.05, 0) is 50.1 Å². The lowest BCUT2D eigenvalue weighted by Crippen LogP contribution is -2.28. The average Bonchev–Trinajstić information content (AvgIpc) is 3.02. The van der Waals surface area contributed by atoms with Gasteiger partial charge in [0.1, 0.15) is 12.1 Å². The van der Waals surface area contributed by atoms with Gasteiger partial charge in [-0.3, -0.25) is 9.59 Å². The number of rotatable bonds is 7. The largest absolute Gasteiger partial charge is 0.504 e. The second kappa shape index (κ2) is 9.39. The molecule has 1 heterocycles. The monoisotopic (exact) mass is 461 g/mol. The van der Waals surface area contributed by atoms with Gasteiger partial charge in [-0.15, -0.1) is 0 Å². The summed E-state index contributed by atoms with van der Waals surface area (Å²) in [5.74, 6) is -1.81. The highest BCUT2D eigenvalue weighted by atomic mass is 19.1. The van der Waals surface area contributed by atoms with E-state index in [-0.39, 0.29) is 36.5 Å². The molecule has 0 radical (unpaired) electrons. The van der Waals surface area contributed by atoms with E-state index < -0.39 is 17.7 Å². The molecule has 0 saturated heterocycles. The van der Waals surface area contributed by atoms with Gasteiger partial charge >= 0.3 is 5.97 Å². The summed E-state index contributed by atoms with van der Waals surface area (Å²) < 4.78 is 19.7. The smallest absolute Gasteiger partial charge is 0.303 e. The van der Waals surface area contributed by atoms with Crippen molar-refractivity contribution >= 4 is 23.1 Å². The molecular weight excluding hydrogens is 437 g/mol. The normalized spacial score (nSPS) is 13.9. The number of aliphatic carboxylic acids is 1. The zero-order chi connectivity index (χ0) is 24.4. The number of carbonyl (C=O) groups is 2. The summed E-state index contributed by atoms with van der Waals surface area (Å²) in [5, 5.41) is 19.8. The number of ether oxygens (including phenoxy) is 1. The van der Waals surface area contributed by atoms with Gasteiger partial charge in [0.2, 0.25) is 0 Å². The molecule has 0 atom stereocenters. The summed E-state index contributed by atoms with van der Waals surface area (Å²) in [6.45, 7) is 4.13. The van der Waals surface area contributed by atoms with E-state index >= 15 is 0 Å². The van der Waals surface area contributed by atoms with E-state index in [0.717, 1.165) is 16.7 Å². The number of aromatic hydroxyl groups is 1. The summed E-state index contributed by atoms with van der Waals surface area (Å²) >= 11 is 0. The number of phenolic OH excluding ortho intramolecular Hbond substituents is 1. The first-order valence-electron chi connectivity index (χ1n) is 10.9. The number of nitrogens with zero attached hydrogens (tertiary/aromatic N) is 1. The Morgan fingerprint density at radius 1 is 1.06 bits per heavy atom. The Bertz CT molecular complexity index is 1290. The first-order chi connectivity index (χ1) is 16.2. The first kappa shape index (κ1) is 23.0. The van der Waals surface area contributed by atoms with Crippen LogP contribution in [-0.2, 0) is 9.59 Å². The number of fused-ring (bicyclic) bond motifs is 1. The number of hydrogen-bond acceptors (Lipinski definition) is 4. The van der Waals surface area contributed by atoms with Crippen LogP contribution in [0, 0.1) is 19.7 Å². The van der Waals surface area contributed by atoms with Crippen molar-refractivity contribution < 1.29 is 28.9 Å². The molecule has 0 aromatic heterocycles. The number of aryl methyl sites for hydroxylation is 2. The highest BCUT2D eigenvalue weighted by Gasteiger charge is 2.33. The predicted molar refractivity (Wildman–Crippen MR) is 127 cm³/mol. The number of hydrogen-bond donors (Lipinski definition) is 2. The third-order valence-corrected chi connectivity index (χ3v) is 5.62. The van der Waals surface area contributed by atoms with Gasteiger partial charge in [-0.1, -0.05) is 41.5 Å². The lowest BCUT2D eigenvalue weighted by molar-refractivity contribution is -0.137. The van der Waals surface area contributed by atoms with Gasteiger partial charge in [0, 0.05) is 24.1 Å². The fourth-order valence-corrected chi connectivity index (χ4v) is 4.16. The van der Waals surface area contributed by atoms with Crippen LogP contribution in [0.5, 0.6) is 11.5 Å². The first-order valence-corrected chi connectivity index (χ1v) is 10.9. The number of carboxylic acid groups (broad SMARTS) is 1. The minimum absolute atomic E-state index is 0.0763. The Kier molecular flexibility index (Phi) is 6.36. The molecule has 3 aromatic rings. The number of carboxylic acids is 1. The van der Waals surface area contributed by atoms with Crippen LogP contribution in [0.3, 0.4) is 0 Å². The van der Waals surface area contributed by atoms with Gasteiger partial charge in [-0.2, -0.15) is 0 Å². The number of amides is 1. The highest BCUT2D eigenvalue weighted by molar-refractivity contribution is 6.32. The molecule has 1 aliphatic heterocycles. The molecule has 1 aliphatic rings. The molecule has 174 valence electrons. The molecule has 0 unspecified atom stereocenters. The molecule has 7 heteroatoms. The van der Waals surface area contributed by atoms with E-state index in [1.54, 1.807) is 18.2 Å². The van der Waals surface area contributed by atoms with Crippen molar-refractivity contribution in [3.63, 3.8) is 0 Å². The fourth-order valence-electron chi connectivity index (χ4n) is 4.16. The second-order valence-electron chi connectivity index (χ2n) is 8.29. The number of carbonyl (C=O) groups excluding carboxylic acids is 1. The van der Waals surface area contributed by atoms with Crippen LogP contribution in [0.4, 0.5) is 10.1 Å². The van der Waals surface area contributed by atoms with Crippen molar-refractivity contribution in [1.29, 1.82) is 0 Å². The van der Waals surface area contributed by atoms with Crippen molar-refractivity contribution in [1.82, 2.24) is 0 Å². The quantitative estimate of drug-likeness (QED) is 0.361. The highest BCUT2D eigenvalue weighted by Crippen LogP contribution is 2.40. The van der Waals surface area contributed by atoms with Crippen molar-refractivity contribution in [2.75, 3.05) is 11.4 Å². The molecule has 0 spiro atoms. The molecule has 0 aliphatic carbocycles. The van der Waals surface area contributed by atoms with Crippen LogP contribution in [0.15, 0.2) is 60.9 Å². The zero-order valence-corrected chi connectivity index (χ0v) is 18.8. The lowest BCUT2D eigenvalue weighted by Gasteiger charge is -2.16. The van der Waals surface area contributed by atoms with Gasteiger partial charge < -0.3 is 19.8 Å². The minimum Gasteiger partial charge on any atom is -0.504 e. The molecule has 6 nitrogen and oxygen atoms in total. The van der Waals surface area contributed by atoms with Crippen molar-refractivity contribution in [2.24, 2.45) is 0 Å². The Hall–Kier alpha value is -4.13. The predicted octanol–water partition coefficient (Wildman–Crippen LogP) is 5.45. The zero-order valence-electron chi connectivity index (χ0n) is 18.8. The van der Waals surface area contributed by atoms with E-state index in [1.165, 1.54) is 29.4 Å². The van der Waals surface area contributed by atoms with Gasteiger partial charge in [0.15, 0.2) is 11.5 Å². The van der Waals surface area contributed by atoms with Crippen molar-refractivity contribution in [3.8, 4) is 22.6 Å². The fraction of sp³-hybridized carbons (Fsp3) is 0.185. The van der Waals surface area contributed by atoms with Gasteiger partial charge in [-0.25, -0.2) is 4.39 Å². The third-order valence-electron chi connectivity index (χ3n) is 5.62. The topological polar surface area (TPSA) is 87.1 Å². The molecule has 4 rings (SSSR count). The Morgan fingerprint density at radius 2 is 1.79 bits per heavy atom. The maximum Gasteiger partial charge on any atom is 0.303 e. The Morgan fingerprint density at radius 3 is 2.50 bits per heavy atom. The summed E-state index contributed by atoms with van der Waals surface area (Å²) in [4.78, 5) is 25.3. The number of benzene rings is 3. The maximum atomic E-state index is 14.0. The SMILES string of the molecule is Cc1cc(C)cc(-c2cccc(O/C=C3\C(=O)N(CCCC(=O)O)c4ccc(F)cc43)c2O)c1. The van der Waals surface area contributed by atoms with Crippen molar-refractivity contribution in [3.05, 3.63) is 83.4 Å². The number of phenols is 1. The molecule has 34 heavy (non-hydrogen) atoms. The summed E-state index contributed by atoms with van der Waals surface area (Å²) in [7, 11) is 0. The standard InChI is InChI=1S/C27H24FNO5/c1-16-11-17(2)13-18(12-16)20-5-3-6-24(26(20)32)34-15-22-21-14-19(28)8-9-23(21)29(27(22)33)10-4-7-25(30)31/h3,5-6,8-9,11-15,32H,4,7,10H2,1-2H3,(H,30,31)/b22-15-. The van der Waals surface area contributed by atoms with Crippen LogP contribution in [0.2, 0.25) is 0 Å². The van der Waals surface area contributed by atoms with E-state index in [2.05, 4.69) is 0 Å².